The molecular formula is C20H23FN4O5. The molecule has 0 fully saturated rings. The molecule has 2 aromatic rings. The van der Waals surface area contributed by atoms with Crippen LogP contribution in [-0.2, 0) is 25.5 Å². The summed E-state index contributed by atoms with van der Waals surface area (Å²) in [4.78, 5) is 41.6. The van der Waals surface area contributed by atoms with Gasteiger partial charge in [-0.15, -0.1) is 0 Å². The van der Waals surface area contributed by atoms with Crippen molar-refractivity contribution >= 4 is 34.8 Å². The number of hydrogen-bond donors (Lipinski definition) is 3. The Morgan fingerprint density at radius 3 is 2.77 bits per heavy atom. The van der Waals surface area contributed by atoms with Gasteiger partial charge in [-0.25, -0.2) is 9.18 Å². The van der Waals surface area contributed by atoms with E-state index in [0.717, 1.165) is 0 Å². The molecule has 0 aliphatic rings. The number of rotatable bonds is 10. The first kappa shape index (κ1) is 22.9. The molecule has 30 heavy (non-hydrogen) atoms. The number of aliphatic hydroxyl groups excluding tert-OH is 1. The molecule has 9 nitrogen and oxygen atoms in total. The summed E-state index contributed by atoms with van der Waals surface area (Å²) >= 11 is 0. The van der Waals surface area contributed by atoms with Crippen LogP contribution in [-0.4, -0.2) is 57.0 Å². The molecule has 3 N–H and O–H groups in total. The number of Topliss-reactive ketones (excluding diaryl/α,β-unsaturated/α-hetero) is 1. The third-order valence-electron chi connectivity index (χ3n) is 4.30. The lowest BCUT2D eigenvalue weighted by Crippen LogP contribution is -2.47. The molecule has 1 heterocycles. The molecule has 2 rings (SSSR count). The van der Waals surface area contributed by atoms with Crippen molar-refractivity contribution in [1.82, 2.24) is 10.3 Å². The Labute approximate surface area is 171 Å². The SMILES string of the molecule is CC(C)OC(=O)[C@H](CCC(=O)C=[N+]=[N-])NC(=O)[C@@H](O)Cc1c[nH]c2c(F)cccc12. The molecule has 1 amide bonds. The third kappa shape index (κ3) is 6.07. The van der Waals surface area contributed by atoms with E-state index in [-0.39, 0.29) is 24.8 Å². The van der Waals surface area contributed by atoms with Crippen LogP contribution in [0.2, 0.25) is 0 Å². The van der Waals surface area contributed by atoms with E-state index < -0.39 is 41.7 Å². The molecule has 1 aromatic heterocycles. The van der Waals surface area contributed by atoms with Gasteiger partial charge in [0.2, 0.25) is 11.7 Å². The van der Waals surface area contributed by atoms with Crippen LogP contribution >= 0.6 is 0 Å². The molecule has 0 saturated heterocycles. The number of hydrogen-bond acceptors (Lipinski definition) is 5. The van der Waals surface area contributed by atoms with E-state index in [1.807, 2.05) is 0 Å². The van der Waals surface area contributed by atoms with Gasteiger partial charge in [-0.3, -0.25) is 9.59 Å². The Bertz CT molecular complexity index is 981. The number of para-hydroxylation sites is 1. The van der Waals surface area contributed by atoms with Crippen LogP contribution in [0.25, 0.3) is 16.4 Å². The number of aromatic nitrogens is 1. The Kier molecular flexibility index (Phi) is 7.97. The van der Waals surface area contributed by atoms with Gasteiger partial charge in [-0.1, -0.05) is 12.1 Å². The van der Waals surface area contributed by atoms with E-state index in [0.29, 0.717) is 17.2 Å². The fourth-order valence-electron chi connectivity index (χ4n) is 2.89. The van der Waals surface area contributed by atoms with Gasteiger partial charge in [-0.05, 0) is 31.9 Å². The van der Waals surface area contributed by atoms with Gasteiger partial charge in [-0.2, -0.15) is 4.79 Å². The van der Waals surface area contributed by atoms with Crippen molar-refractivity contribution in [3.63, 3.8) is 0 Å². The normalized spacial score (nSPS) is 12.8. The third-order valence-corrected chi connectivity index (χ3v) is 4.30. The monoisotopic (exact) mass is 418 g/mol. The first-order chi connectivity index (χ1) is 14.2. The fourth-order valence-corrected chi connectivity index (χ4v) is 2.89. The fraction of sp³-hybridized carbons (Fsp3) is 0.400. The second kappa shape index (κ2) is 10.4. The maximum atomic E-state index is 13.8. The number of aromatic amines is 1. The number of carbonyl (C=O) groups is 3. The molecule has 1 aromatic carbocycles. The molecule has 10 heteroatoms. The smallest absolute Gasteiger partial charge is 0.328 e. The molecule has 0 spiro atoms. The van der Waals surface area contributed by atoms with Gasteiger partial charge in [0.25, 0.3) is 0 Å². The van der Waals surface area contributed by atoms with Gasteiger partial charge < -0.3 is 25.7 Å². The highest BCUT2D eigenvalue weighted by molar-refractivity contribution is 6.25. The number of ether oxygens (including phenoxy) is 1. The number of ketones is 1. The van der Waals surface area contributed by atoms with Crippen molar-refractivity contribution in [2.75, 3.05) is 0 Å². The standard InChI is InChI=1S/C20H23FN4O5/c1-11(2)30-20(29)16(7-6-13(26)10-24-22)25-19(28)17(27)8-12-9-23-18-14(12)4-3-5-15(18)21/h3-5,9-11,16-17,23,27H,6-8H2,1-2H3,(H,25,28)/t16-,17-/m0/s1. The van der Waals surface area contributed by atoms with Crippen LogP contribution < -0.4 is 5.32 Å². The zero-order valence-corrected chi connectivity index (χ0v) is 16.6. The van der Waals surface area contributed by atoms with E-state index >= 15 is 0 Å². The lowest BCUT2D eigenvalue weighted by atomic mass is 10.0. The van der Waals surface area contributed by atoms with E-state index in [2.05, 4.69) is 15.1 Å². The Morgan fingerprint density at radius 1 is 1.37 bits per heavy atom. The quantitative estimate of drug-likeness (QED) is 0.230. The largest absolute Gasteiger partial charge is 0.461 e. The summed E-state index contributed by atoms with van der Waals surface area (Å²) in [6, 6.07) is 3.29. The van der Waals surface area contributed by atoms with Crippen LogP contribution in [0.15, 0.2) is 24.4 Å². The lowest BCUT2D eigenvalue weighted by molar-refractivity contribution is -0.152. The molecular weight excluding hydrogens is 395 g/mol. The number of aliphatic hydroxyl groups is 1. The maximum Gasteiger partial charge on any atom is 0.328 e. The first-order valence-corrected chi connectivity index (χ1v) is 9.36. The maximum absolute atomic E-state index is 13.8. The molecule has 0 bridgehead atoms. The molecule has 2 atom stereocenters. The Morgan fingerprint density at radius 2 is 2.10 bits per heavy atom. The Balaban J connectivity index is 2.08. The summed E-state index contributed by atoms with van der Waals surface area (Å²) < 4.78 is 18.9. The molecule has 0 radical (unpaired) electrons. The number of fused-ring (bicyclic) bond motifs is 1. The van der Waals surface area contributed by atoms with Crippen LogP contribution in [0.5, 0.6) is 0 Å². The van der Waals surface area contributed by atoms with Crippen molar-refractivity contribution in [3.8, 4) is 0 Å². The summed E-state index contributed by atoms with van der Waals surface area (Å²) in [6.45, 7) is 3.26. The van der Waals surface area contributed by atoms with Crippen molar-refractivity contribution in [3.05, 3.63) is 41.3 Å². The van der Waals surface area contributed by atoms with Gasteiger partial charge in [0.15, 0.2) is 0 Å². The minimum atomic E-state index is -1.52. The molecule has 0 unspecified atom stereocenters. The van der Waals surface area contributed by atoms with Crippen molar-refractivity contribution < 1.29 is 33.4 Å². The van der Waals surface area contributed by atoms with Gasteiger partial charge >= 0.3 is 12.2 Å². The summed E-state index contributed by atoms with van der Waals surface area (Å²) in [6.07, 6.45) is -0.168. The Hall–Kier alpha value is -3.36. The topological polar surface area (TPSA) is 145 Å². The van der Waals surface area contributed by atoms with Gasteiger partial charge in [0, 0.05) is 24.4 Å². The number of nitrogens with one attached hydrogen (secondary N) is 2. The van der Waals surface area contributed by atoms with Crippen LogP contribution in [0.1, 0.15) is 32.3 Å². The van der Waals surface area contributed by atoms with Crippen molar-refractivity contribution in [2.24, 2.45) is 0 Å². The zero-order chi connectivity index (χ0) is 22.3. The minimum Gasteiger partial charge on any atom is -0.461 e. The summed E-state index contributed by atoms with van der Waals surface area (Å²) in [7, 11) is 0. The predicted octanol–water partition coefficient (Wildman–Crippen LogP) is 1.30. The number of carbonyl (C=O) groups excluding carboxylic acids is 3. The van der Waals surface area contributed by atoms with Crippen LogP contribution in [0.3, 0.4) is 0 Å². The van der Waals surface area contributed by atoms with E-state index in [4.69, 9.17) is 10.3 Å². The number of benzene rings is 1. The van der Waals surface area contributed by atoms with Crippen LogP contribution in [0.4, 0.5) is 4.39 Å². The van der Waals surface area contributed by atoms with Crippen LogP contribution in [0, 0.1) is 5.82 Å². The first-order valence-electron chi connectivity index (χ1n) is 9.36. The molecule has 160 valence electrons. The van der Waals surface area contributed by atoms with Crippen molar-refractivity contribution in [2.45, 2.75) is 51.4 Å². The molecule has 0 aliphatic heterocycles. The highest BCUT2D eigenvalue weighted by atomic mass is 19.1. The number of H-pyrrole nitrogens is 1. The zero-order valence-electron chi connectivity index (χ0n) is 16.6. The molecule has 0 aliphatic carbocycles. The predicted molar refractivity (Wildman–Crippen MR) is 105 cm³/mol. The van der Waals surface area contributed by atoms with E-state index in [9.17, 15) is 23.9 Å². The summed E-state index contributed by atoms with van der Waals surface area (Å²) in [5.74, 6) is -2.59. The highest BCUT2D eigenvalue weighted by Gasteiger charge is 2.27. The van der Waals surface area contributed by atoms with Crippen molar-refractivity contribution in [1.29, 1.82) is 0 Å². The van der Waals surface area contributed by atoms with Gasteiger partial charge in [0.1, 0.15) is 18.0 Å². The minimum absolute atomic E-state index is 0.104. The molecule has 0 saturated carbocycles. The number of nitrogens with zero attached hydrogens (tertiary/aromatic N) is 2. The highest BCUT2D eigenvalue weighted by Crippen LogP contribution is 2.22. The second-order valence-corrected chi connectivity index (χ2v) is 6.99. The van der Waals surface area contributed by atoms with Gasteiger partial charge in [0.05, 0.1) is 11.6 Å². The average molecular weight is 418 g/mol. The number of halogens is 1. The second-order valence-electron chi connectivity index (χ2n) is 6.99. The lowest BCUT2D eigenvalue weighted by Gasteiger charge is -2.20. The average Bonchev–Trinajstić information content (AvgIpc) is 3.08. The number of amides is 1. The summed E-state index contributed by atoms with van der Waals surface area (Å²) in [5.41, 5.74) is 9.19. The van der Waals surface area contributed by atoms with E-state index in [1.54, 1.807) is 19.9 Å². The number of esters is 1. The van der Waals surface area contributed by atoms with E-state index in [1.165, 1.54) is 18.3 Å². The summed E-state index contributed by atoms with van der Waals surface area (Å²) in [5, 5.41) is 13.2.